The van der Waals surface area contributed by atoms with E-state index in [1.807, 2.05) is 43.1 Å². The summed E-state index contributed by atoms with van der Waals surface area (Å²) >= 11 is 0. The van der Waals surface area contributed by atoms with Crippen molar-refractivity contribution in [3.05, 3.63) is 71.2 Å². The van der Waals surface area contributed by atoms with Crippen LogP contribution in [0.25, 0.3) is 5.57 Å². The maximum absolute atomic E-state index is 13.5. The molecule has 2 amide bonds. The molecule has 2 aliphatic rings. The number of benzene rings is 2. The Bertz CT molecular complexity index is 1010. The lowest BCUT2D eigenvalue weighted by molar-refractivity contribution is -0.138. The molecule has 2 aliphatic heterocycles. The molecule has 1 saturated heterocycles. The second-order valence-electron chi connectivity index (χ2n) is 8.21. The van der Waals surface area contributed by atoms with Crippen molar-refractivity contribution in [2.75, 3.05) is 39.8 Å². The van der Waals surface area contributed by atoms with Crippen LogP contribution in [-0.4, -0.2) is 66.3 Å². The Hall–Kier alpha value is -3.19. The molecular weight excluding hydrogens is 409 g/mol. The Labute approximate surface area is 187 Å². The molecule has 0 bridgehead atoms. The SMILES string of the molecule is CCCOc1ccc(C2=C(N3CCN(C)CC3)C(=O)N(Cc3ccc(F)cc3)C2=O)cc1. The van der Waals surface area contributed by atoms with Crippen LogP contribution in [-0.2, 0) is 16.1 Å². The summed E-state index contributed by atoms with van der Waals surface area (Å²) in [4.78, 5) is 32.4. The number of hydrogen-bond donors (Lipinski definition) is 0. The minimum atomic E-state index is -0.352. The first-order chi connectivity index (χ1) is 15.5. The molecule has 0 radical (unpaired) electrons. The molecule has 0 aromatic heterocycles. The number of carbonyl (C=O) groups excluding carboxylic acids is 2. The van der Waals surface area contributed by atoms with Crippen LogP contribution in [0.1, 0.15) is 24.5 Å². The highest BCUT2D eigenvalue weighted by Crippen LogP contribution is 2.34. The Kier molecular flexibility index (Phi) is 6.55. The number of rotatable bonds is 7. The van der Waals surface area contributed by atoms with Crippen LogP contribution >= 0.6 is 0 Å². The summed E-state index contributed by atoms with van der Waals surface area (Å²) in [6, 6.07) is 13.2. The predicted molar refractivity (Wildman–Crippen MR) is 120 cm³/mol. The molecule has 2 aromatic carbocycles. The zero-order valence-corrected chi connectivity index (χ0v) is 18.5. The van der Waals surface area contributed by atoms with Gasteiger partial charge in [0.05, 0.1) is 18.7 Å². The molecular formula is C25H28FN3O3. The van der Waals surface area contributed by atoms with Gasteiger partial charge >= 0.3 is 0 Å². The number of nitrogens with zero attached hydrogens (tertiary/aromatic N) is 3. The number of amides is 2. The van der Waals surface area contributed by atoms with Gasteiger partial charge in [0.2, 0.25) is 0 Å². The fourth-order valence-corrected chi connectivity index (χ4v) is 4.00. The molecule has 32 heavy (non-hydrogen) atoms. The summed E-state index contributed by atoms with van der Waals surface area (Å²) in [6.07, 6.45) is 0.909. The molecule has 1 fully saturated rings. The van der Waals surface area contributed by atoms with Gasteiger partial charge in [-0.25, -0.2) is 4.39 Å². The zero-order chi connectivity index (χ0) is 22.7. The third-order valence-electron chi connectivity index (χ3n) is 5.83. The summed E-state index contributed by atoms with van der Waals surface area (Å²) in [7, 11) is 2.05. The molecule has 7 heteroatoms. The van der Waals surface area contributed by atoms with Crippen molar-refractivity contribution in [2.45, 2.75) is 19.9 Å². The van der Waals surface area contributed by atoms with Crippen molar-refractivity contribution in [1.82, 2.24) is 14.7 Å². The van der Waals surface area contributed by atoms with Gasteiger partial charge < -0.3 is 14.5 Å². The standard InChI is InChI=1S/C25H28FN3O3/c1-3-16-32-21-10-6-19(7-11-21)22-23(28-14-12-27(2)13-15-28)25(31)29(24(22)30)17-18-4-8-20(26)9-5-18/h4-11H,3,12-17H2,1-2H3. The van der Waals surface area contributed by atoms with E-state index < -0.39 is 0 Å². The molecule has 2 heterocycles. The highest BCUT2D eigenvalue weighted by atomic mass is 19.1. The number of carbonyl (C=O) groups is 2. The van der Waals surface area contributed by atoms with Crippen LogP contribution in [0.4, 0.5) is 4.39 Å². The van der Waals surface area contributed by atoms with Gasteiger partial charge in [0, 0.05) is 26.2 Å². The van der Waals surface area contributed by atoms with E-state index in [0.29, 0.717) is 42.1 Å². The second kappa shape index (κ2) is 9.53. The van der Waals surface area contributed by atoms with Crippen molar-refractivity contribution in [2.24, 2.45) is 0 Å². The lowest BCUT2D eigenvalue weighted by atomic mass is 10.0. The molecule has 6 nitrogen and oxygen atoms in total. The van der Waals surface area contributed by atoms with E-state index in [4.69, 9.17) is 4.74 Å². The lowest BCUT2D eigenvalue weighted by Crippen LogP contribution is -2.46. The monoisotopic (exact) mass is 437 g/mol. The molecule has 0 aliphatic carbocycles. The van der Waals surface area contributed by atoms with Crippen molar-refractivity contribution >= 4 is 17.4 Å². The van der Waals surface area contributed by atoms with E-state index in [0.717, 1.165) is 25.3 Å². The average Bonchev–Trinajstić information content (AvgIpc) is 3.05. The van der Waals surface area contributed by atoms with Crippen molar-refractivity contribution in [1.29, 1.82) is 0 Å². The maximum Gasteiger partial charge on any atom is 0.278 e. The average molecular weight is 438 g/mol. The fraction of sp³-hybridized carbons (Fsp3) is 0.360. The highest BCUT2D eigenvalue weighted by molar-refractivity contribution is 6.35. The Balaban J connectivity index is 1.67. The summed E-state index contributed by atoms with van der Waals surface area (Å²) < 4.78 is 19.0. The molecule has 2 aromatic rings. The third-order valence-corrected chi connectivity index (χ3v) is 5.83. The number of likely N-dealkylation sites (N-methyl/N-ethyl adjacent to an activating group) is 1. The number of halogens is 1. The van der Waals surface area contributed by atoms with E-state index in [2.05, 4.69) is 4.90 Å². The normalized spacial score (nSPS) is 17.5. The number of imide groups is 1. The first-order valence-electron chi connectivity index (χ1n) is 11.0. The van der Waals surface area contributed by atoms with Gasteiger partial charge in [-0.05, 0) is 48.9 Å². The summed E-state index contributed by atoms with van der Waals surface area (Å²) in [5.74, 6) is -0.242. The summed E-state index contributed by atoms with van der Waals surface area (Å²) in [5, 5.41) is 0. The fourth-order valence-electron chi connectivity index (χ4n) is 4.00. The first kappa shape index (κ1) is 22.0. The number of hydrogen-bond acceptors (Lipinski definition) is 5. The van der Waals surface area contributed by atoms with Gasteiger partial charge in [-0.3, -0.25) is 14.5 Å². The largest absolute Gasteiger partial charge is 0.494 e. The molecule has 0 unspecified atom stereocenters. The summed E-state index contributed by atoms with van der Waals surface area (Å²) in [5.41, 5.74) is 2.27. The van der Waals surface area contributed by atoms with Crippen LogP contribution < -0.4 is 4.74 Å². The number of ether oxygens (including phenoxy) is 1. The third kappa shape index (κ3) is 4.53. The quantitative estimate of drug-likeness (QED) is 0.623. The minimum Gasteiger partial charge on any atom is -0.494 e. The summed E-state index contributed by atoms with van der Waals surface area (Å²) in [6.45, 7) is 5.76. The van der Waals surface area contributed by atoms with E-state index in [-0.39, 0.29) is 24.2 Å². The first-order valence-corrected chi connectivity index (χ1v) is 11.0. The van der Waals surface area contributed by atoms with Gasteiger partial charge in [-0.1, -0.05) is 31.2 Å². The van der Waals surface area contributed by atoms with Crippen LogP contribution in [0, 0.1) is 5.82 Å². The maximum atomic E-state index is 13.5. The van der Waals surface area contributed by atoms with Gasteiger partial charge in [0.25, 0.3) is 11.8 Å². The van der Waals surface area contributed by atoms with E-state index in [1.54, 1.807) is 12.1 Å². The molecule has 0 saturated carbocycles. The van der Waals surface area contributed by atoms with Crippen LogP contribution in [0.5, 0.6) is 5.75 Å². The van der Waals surface area contributed by atoms with Crippen LogP contribution in [0.3, 0.4) is 0 Å². The van der Waals surface area contributed by atoms with Gasteiger partial charge in [-0.15, -0.1) is 0 Å². The topological polar surface area (TPSA) is 53.1 Å². The Morgan fingerprint density at radius 2 is 1.56 bits per heavy atom. The van der Waals surface area contributed by atoms with Crippen molar-refractivity contribution < 1.29 is 18.7 Å². The lowest BCUT2D eigenvalue weighted by Gasteiger charge is -2.34. The van der Waals surface area contributed by atoms with E-state index in [9.17, 15) is 14.0 Å². The number of piperazine rings is 1. The molecule has 0 spiro atoms. The van der Waals surface area contributed by atoms with Gasteiger partial charge in [0.15, 0.2) is 0 Å². The van der Waals surface area contributed by atoms with Gasteiger partial charge in [-0.2, -0.15) is 0 Å². The van der Waals surface area contributed by atoms with Gasteiger partial charge in [0.1, 0.15) is 17.3 Å². The van der Waals surface area contributed by atoms with Crippen LogP contribution in [0.15, 0.2) is 54.2 Å². The van der Waals surface area contributed by atoms with E-state index >= 15 is 0 Å². The molecule has 4 rings (SSSR count). The Morgan fingerprint density at radius 1 is 0.906 bits per heavy atom. The zero-order valence-electron chi connectivity index (χ0n) is 18.5. The van der Waals surface area contributed by atoms with Crippen LogP contribution in [0.2, 0.25) is 0 Å². The second-order valence-corrected chi connectivity index (χ2v) is 8.21. The Morgan fingerprint density at radius 3 is 2.19 bits per heavy atom. The van der Waals surface area contributed by atoms with Crippen molar-refractivity contribution in [3.8, 4) is 5.75 Å². The minimum absolute atomic E-state index is 0.108. The van der Waals surface area contributed by atoms with E-state index in [1.165, 1.54) is 17.0 Å². The smallest absolute Gasteiger partial charge is 0.278 e. The predicted octanol–water partition coefficient (Wildman–Crippen LogP) is 3.14. The molecule has 168 valence electrons. The molecule has 0 N–H and O–H groups in total. The molecule has 0 atom stereocenters. The highest BCUT2D eigenvalue weighted by Gasteiger charge is 2.42. The van der Waals surface area contributed by atoms with Crippen molar-refractivity contribution in [3.63, 3.8) is 0 Å².